The number of carbonyl (C=O) groups is 1. The largest absolute Gasteiger partial charge is 0.311 e. The lowest BCUT2D eigenvalue weighted by Gasteiger charge is -2.18. The van der Waals surface area contributed by atoms with Gasteiger partial charge in [-0.2, -0.15) is 0 Å². The van der Waals surface area contributed by atoms with E-state index in [1.165, 1.54) is 35.6 Å². The fourth-order valence-electron chi connectivity index (χ4n) is 2.17. The van der Waals surface area contributed by atoms with E-state index in [0.29, 0.717) is 16.6 Å². The van der Waals surface area contributed by atoms with E-state index in [0.717, 1.165) is 0 Å². The summed E-state index contributed by atoms with van der Waals surface area (Å²) in [6, 6.07) is 7.97. The molecule has 6 heteroatoms. The highest BCUT2D eigenvalue weighted by atomic mass is 35.5. The second kappa shape index (κ2) is 5.69. The quantitative estimate of drug-likeness (QED) is 0.724. The average Bonchev–Trinajstić information content (AvgIpc) is 2.54. The van der Waals surface area contributed by atoms with E-state index in [1.807, 2.05) is 0 Å². The topological polar surface area (TPSA) is 46.1 Å². The summed E-state index contributed by atoms with van der Waals surface area (Å²) in [7, 11) is 1.57. The van der Waals surface area contributed by atoms with Crippen LogP contribution in [-0.2, 0) is 0 Å². The molecule has 1 amide bonds. The number of hydrogen-bond acceptors (Lipinski definition) is 3. The van der Waals surface area contributed by atoms with Crippen molar-refractivity contribution >= 4 is 34.1 Å². The van der Waals surface area contributed by atoms with Gasteiger partial charge in [-0.25, -0.2) is 4.39 Å². The molecule has 0 spiro atoms. The van der Waals surface area contributed by atoms with E-state index in [2.05, 4.69) is 9.97 Å². The number of aromatic nitrogens is 2. The summed E-state index contributed by atoms with van der Waals surface area (Å²) in [5.41, 5.74) is 1.01. The molecule has 0 saturated heterocycles. The summed E-state index contributed by atoms with van der Waals surface area (Å²) >= 11 is 5.98. The smallest absolute Gasteiger partial charge is 0.259 e. The summed E-state index contributed by atoms with van der Waals surface area (Å²) in [5.74, 6) is -0.816. The van der Waals surface area contributed by atoms with Gasteiger partial charge < -0.3 is 4.90 Å². The van der Waals surface area contributed by atoms with E-state index in [1.54, 1.807) is 25.2 Å². The molecule has 0 radical (unpaired) electrons. The molecule has 0 N–H and O–H groups in total. The number of amides is 1. The first kappa shape index (κ1) is 14.4. The molecular formula is C16H11ClFN3O. The zero-order chi connectivity index (χ0) is 15.7. The summed E-state index contributed by atoms with van der Waals surface area (Å²) in [4.78, 5) is 21.7. The van der Waals surface area contributed by atoms with E-state index in [-0.39, 0.29) is 16.4 Å². The number of fused-ring (bicyclic) bond motifs is 1. The number of carbonyl (C=O) groups excluding carboxylic acids is 1. The van der Waals surface area contributed by atoms with Gasteiger partial charge in [0.2, 0.25) is 0 Å². The second-order valence-corrected chi connectivity index (χ2v) is 5.13. The van der Waals surface area contributed by atoms with Crippen LogP contribution < -0.4 is 4.90 Å². The molecule has 4 nitrogen and oxygen atoms in total. The summed E-state index contributed by atoms with van der Waals surface area (Å²) < 4.78 is 14.1. The highest BCUT2D eigenvalue weighted by molar-refractivity contribution is 6.34. The van der Waals surface area contributed by atoms with Crippen LogP contribution in [0, 0.1) is 5.82 Å². The molecule has 0 bridgehead atoms. The molecule has 2 aromatic heterocycles. The van der Waals surface area contributed by atoms with Crippen molar-refractivity contribution in [2.24, 2.45) is 0 Å². The van der Waals surface area contributed by atoms with Crippen molar-refractivity contribution in [1.82, 2.24) is 9.97 Å². The lowest BCUT2D eigenvalue weighted by molar-refractivity contribution is 0.0993. The van der Waals surface area contributed by atoms with E-state index in [9.17, 15) is 9.18 Å². The minimum atomic E-state index is -0.478. The molecule has 0 unspecified atom stereocenters. The molecule has 0 atom stereocenters. The molecule has 1 aromatic carbocycles. The Morgan fingerprint density at radius 1 is 1.27 bits per heavy atom. The Morgan fingerprint density at radius 2 is 2.09 bits per heavy atom. The third-order valence-corrected chi connectivity index (χ3v) is 3.64. The number of pyridine rings is 2. The van der Waals surface area contributed by atoms with Crippen LogP contribution in [0.4, 0.5) is 10.1 Å². The van der Waals surface area contributed by atoms with Gasteiger partial charge in [0.05, 0.1) is 10.6 Å². The Labute approximate surface area is 131 Å². The number of anilines is 1. The van der Waals surface area contributed by atoms with Crippen LogP contribution in [0.3, 0.4) is 0 Å². The van der Waals surface area contributed by atoms with Crippen LogP contribution in [-0.4, -0.2) is 22.9 Å². The normalized spacial score (nSPS) is 10.7. The number of rotatable bonds is 2. The third-order valence-electron chi connectivity index (χ3n) is 3.34. The van der Waals surface area contributed by atoms with Crippen molar-refractivity contribution in [3.05, 3.63) is 65.3 Å². The van der Waals surface area contributed by atoms with Crippen LogP contribution >= 0.6 is 11.6 Å². The lowest BCUT2D eigenvalue weighted by Crippen LogP contribution is -2.26. The lowest BCUT2D eigenvalue weighted by atomic mass is 10.1. The minimum Gasteiger partial charge on any atom is -0.311 e. The van der Waals surface area contributed by atoms with Gasteiger partial charge in [-0.3, -0.25) is 14.8 Å². The first-order chi connectivity index (χ1) is 10.6. The van der Waals surface area contributed by atoms with Gasteiger partial charge in [-0.1, -0.05) is 17.7 Å². The van der Waals surface area contributed by atoms with Crippen molar-refractivity contribution in [1.29, 1.82) is 0 Å². The van der Waals surface area contributed by atoms with Crippen molar-refractivity contribution in [3.63, 3.8) is 0 Å². The molecule has 0 fully saturated rings. The Kier molecular flexibility index (Phi) is 3.73. The molecule has 2 heterocycles. The molecular weight excluding hydrogens is 305 g/mol. The molecule has 22 heavy (non-hydrogen) atoms. The minimum absolute atomic E-state index is 0.252. The van der Waals surface area contributed by atoms with Crippen molar-refractivity contribution < 1.29 is 9.18 Å². The monoisotopic (exact) mass is 315 g/mol. The number of nitrogens with zero attached hydrogens (tertiary/aromatic N) is 3. The Hall–Kier alpha value is -2.53. The Morgan fingerprint density at radius 3 is 2.86 bits per heavy atom. The fourth-order valence-corrected chi connectivity index (χ4v) is 2.37. The zero-order valence-electron chi connectivity index (χ0n) is 11.6. The van der Waals surface area contributed by atoms with Crippen LogP contribution in [0.1, 0.15) is 10.4 Å². The number of halogens is 2. The standard InChI is InChI=1S/C16H11ClFN3O/c1-21(16(22)12-4-6-19-9-13(12)17)11-7-10-3-2-5-20-15(10)14(18)8-11/h2-9H,1H3. The van der Waals surface area contributed by atoms with Gasteiger partial charge >= 0.3 is 0 Å². The third kappa shape index (κ3) is 2.51. The van der Waals surface area contributed by atoms with Gasteiger partial charge in [0.25, 0.3) is 5.91 Å². The van der Waals surface area contributed by atoms with Crippen LogP contribution in [0.15, 0.2) is 48.9 Å². The maximum atomic E-state index is 14.1. The predicted molar refractivity (Wildman–Crippen MR) is 83.7 cm³/mol. The van der Waals surface area contributed by atoms with Gasteiger partial charge in [0, 0.05) is 36.7 Å². The first-order valence-corrected chi connectivity index (χ1v) is 6.87. The number of benzene rings is 1. The maximum Gasteiger partial charge on any atom is 0.259 e. The average molecular weight is 316 g/mol. The molecule has 0 aliphatic rings. The van der Waals surface area contributed by atoms with Gasteiger partial charge in [-0.15, -0.1) is 0 Å². The Balaban J connectivity index is 2.04. The summed E-state index contributed by atoms with van der Waals surface area (Å²) in [6.07, 6.45) is 4.40. The molecule has 0 saturated carbocycles. The van der Waals surface area contributed by atoms with Crippen molar-refractivity contribution in [2.75, 3.05) is 11.9 Å². The Bertz CT molecular complexity index is 869. The molecule has 3 rings (SSSR count). The SMILES string of the molecule is CN(C(=O)c1ccncc1Cl)c1cc(F)c2ncccc2c1. The maximum absolute atomic E-state index is 14.1. The van der Waals surface area contributed by atoms with E-state index in [4.69, 9.17) is 11.6 Å². The highest BCUT2D eigenvalue weighted by Crippen LogP contribution is 2.25. The van der Waals surface area contributed by atoms with Crippen LogP contribution in [0.25, 0.3) is 10.9 Å². The van der Waals surface area contributed by atoms with Crippen molar-refractivity contribution in [3.8, 4) is 0 Å². The van der Waals surface area contributed by atoms with Crippen LogP contribution in [0.5, 0.6) is 0 Å². The molecule has 0 aliphatic carbocycles. The summed E-state index contributed by atoms with van der Waals surface area (Å²) in [6.45, 7) is 0. The van der Waals surface area contributed by atoms with E-state index < -0.39 is 5.82 Å². The van der Waals surface area contributed by atoms with Gasteiger partial charge in [0.1, 0.15) is 5.52 Å². The van der Waals surface area contributed by atoms with E-state index >= 15 is 0 Å². The van der Waals surface area contributed by atoms with Crippen LogP contribution in [0.2, 0.25) is 5.02 Å². The highest BCUT2D eigenvalue weighted by Gasteiger charge is 2.18. The predicted octanol–water partition coefficient (Wildman–Crippen LogP) is 3.70. The first-order valence-electron chi connectivity index (χ1n) is 6.50. The van der Waals surface area contributed by atoms with Gasteiger partial charge in [0.15, 0.2) is 5.82 Å². The molecule has 0 aliphatic heterocycles. The molecule has 110 valence electrons. The second-order valence-electron chi connectivity index (χ2n) is 4.72. The summed E-state index contributed by atoms with van der Waals surface area (Å²) in [5, 5.41) is 0.875. The molecule has 3 aromatic rings. The number of hydrogen-bond donors (Lipinski definition) is 0. The fraction of sp³-hybridized carbons (Fsp3) is 0.0625. The van der Waals surface area contributed by atoms with Gasteiger partial charge in [-0.05, 0) is 24.3 Å². The van der Waals surface area contributed by atoms with Crippen molar-refractivity contribution in [2.45, 2.75) is 0 Å². The zero-order valence-corrected chi connectivity index (χ0v) is 12.4.